The normalized spacial score (nSPS) is 17.9. The van der Waals surface area contributed by atoms with E-state index in [-0.39, 0.29) is 17.4 Å². The number of benzene rings is 2. The van der Waals surface area contributed by atoms with Gasteiger partial charge in [0.2, 0.25) is 5.91 Å². The lowest BCUT2D eigenvalue weighted by molar-refractivity contribution is -0.124. The summed E-state index contributed by atoms with van der Waals surface area (Å²) >= 11 is 0. The van der Waals surface area contributed by atoms with Crippen molar-refractivity contribution >= 4 is 11.8 Å². The van der Waals surface area contributed by atoms with Gasteiger partial charge >= 0.3 is 0 Å². The molecule has 5 nitrogen and oxygen atoms in total. The SMILES string of the molecule is CC(C)C(NC(=O)c1ccccc1F)C(=O)NCC1CCCN(Cc2ccccc2)C1. The Labute approximate surface area is 184 Å². The molecule has 2 aromatic rings. The van der Waals surface area contributed by atoms with Crippen LogP contribution in [0, 0.1) is 17.7 Å². The maximum absolute atomic E-state index is 13.9. The van der Waals surface area contributed by atoms with Crippen molar-refractivity contribution in [3.8, 4) is 0 Å². The van der Waals surface area contributed by atoms with Crippen molar-refractivity contribution in [2.75, 3.05) is 19.6 Å². The minimum absolute atomic E-state index is 0.0511. The van der Waals surface area contributed by atoms with E-state index in [0.29, 0.717) is 12.5 Å². The van der Waals surface area contributed by atoms with Gasteiger partial charge in [0.05, 0.1) is 5.56 Å². The molecule has 2 unspecified atom stereocenters. The van der Waals surface area contributed by atoms with E-state index in [1.165, 1.54) is 23.8 Å². The summed E-state index contributed by atoms with van der Waals surface area (Å²) in [5, 5.41) is 5.72. The first-order valence-corrected chi connectivity index (χ1v) is 11.0. The highest BCUT2D eigenvalue weighted by atomic mass is 19.1. The smallest absolute Gasteiger partial charge is 0.254 e. The van der Waals surface area contributed by atoms with E-state index in [2.05, 4.69) is 39.8 Å². The molecule has 3 rings (SSSR count). The van der Waals surface area contributed by atoms with E-state index in [1.54, 1.807) is 6.07 Å². The Balaban J connectivity index is 1.52. The van der Waals surface area contributed by atoms with Gasteiger partial charge in [0.1, 0.15) is 11.9 Å². The van der Waals surface area contributed by atoms with Crippen molar-refractivity contribution < 1.29 is 14.0 Å². The molecule has 6 heteroatoms. The molecule has 0 aliphatic carbocycles. The number of likely N-dealkylation sites (tertiary alicyclic amines) is 1. The minimum atomic E-state index is -0.712. The second kappa shape index (κ2) is 11.0. The first-order chi connectivity index (χ1) is 14.9. The van der Waals surface area contributed by atoms with Crippen LogP contribution in [0.15, 0.2) is 54.6 Å². The van der Waals surface area contributed by atoms with Crippen LogP contribution in [0.5, 0.6) is 0 Å². The van der Waals surface area contributed by atoms with Gasteiger partial charge in [-0.15, -0.1) is 0 Å². The van der Waals surface area contributed by atoms with Gasteiger partial charge in [0, 0.05) is 19.6 Å². The summed E-state index contributed by atoms with van der Waals surface area (Å²) in [5.41, 5.74) is 1.24. The highest BCUT2D eigenvalue weighted by Gasteiger charge is 2.27. The lowest BCUT2D eigenvalue weighted by atomic mass is 9.96. The molecular formula is C25H32FN3O2. The Morgan fingerprint density at radius 1 is 1.10 bits per heavy atom. The average Bonchev–Trinajstić information content (AvgIpc) is 2.77. The zero-order chi connectivity index (χ0) is 22.2. The number of carbonyl (C=O) groups is 2. The molecule has 166 valence electrons. The van der Waals surface area contributed by atoms with E-state index in [4.69, 9.17) is 0 Å². The molecule has 2 atom stereocenters. The van der Waals surface area contributed by atoms with Crippen LogP contribution in [0.3, 0.4) is 0 Å². The Bertz CT molecular complexity index is 872. The van der Waals surface area contributed by atoms with E-state index in [0.717, 1.165) is 32.5 Å². The molecule has 0 aromatic heterocycles. The lowest BCUT2D eigenvalue weighted by Crippen LogP contribution is -2.51. The van der Waals surface area contributed by atoms with Crippen molar-refractivity contribution in [3.05, 3.63) is 71.5 Å². The van der Waals surface area contributed by atoms with Gasteiger partial charge in [-0.1, -0.05) is 56.3 Å². The molecule has 1 aliphatic rings. The molecule has 1 aliphatic heterocycles. The van der Waals surface area contributed by atoms with Crippen molar-refractivity contribution in [1.29, 1.82) is 0 Å². The Kier molecular flexibility index (Phi) is 8.18. The molecule has 0 bridgehead atoms. The third-order valence-electron chi connectivity index (χ3n) is 5.77. The fraction of sp³-hybridized carbons (Fsp3) is 0.440. The highest BCUT2D eigenvalue weighted by molar-refractivity contribution is 5.97. The molecule has 1 saturated heterocycles. The van der Waals surface area contributed by atoms with Crippen LogP contribution >= 0.6 is 0 Å². The number of hydrogen-bond acceptors (Lipinski definition) is 3. The zero-order valence-corrected chi connectivity index (χ0v) is 18.3. The maximum Gasteiger partial charge on any atom is 0.254 e. The largest absolute Gasteiger partial charge is 0.354 e. The molecule has 31 heavy (non-hydrogen) atoms. The lowest BCUT2D eigenvalue weighted by Gasteiger charge is -2.33. The van der Waals surface area contributed by atoms with Gasteiger partial charge in [-0.25, -0.2) is 4.39 Å². The predicted molar refractivity (Wildman–Crippen MR) is 120 cm³/mol. The second-order valence-electron chi connectivity index (χ2n) is 8.65. The monoisotopic (exact) mass is 425 g/mol. The molecule has 1 heterocycles. The van der Waals surface area contributed by atoms with Crippen LogP contribution in [0.1, 0.15) is 42.6 Å². The molecule has 0 saturated carbocycles. The Morgan fingerprint density at radius 2 is 1.81 bits per heavy atom. The average molecular weight is 426 g/mol. The van der Waals surface area contributed by atoms with E-state index < -0.39 is 17.8 Å². The summed E-state index contributed by atoms with van der Waals surface area (Å²) in [7, 11) is 0. The summed E-state index contributed by atoms with van der Waals surface area (Å²) in [6, 6.07) is 15.5. The number of hydrogen-bond donors (Lipinski definition) is 2. The number of piperidine rings is 1. The summed E-state index contributed by atoms with van der Waals surface area (Å²) in [6.45, 7) is 7.22. The molecule has 2 amide bonds. The number of amides is 2. The Hall–Kier alpha value is -2.73. The third kappa shape index (κ3) is 6.62. The predicted octanol–water partition coefficient (Wildman–Crippen LogP) is 3.61. The maximum atomic E-state index is 13.9. The molecule has 2 aromatic carbocycles. The first-order valence-electron chi connectivity index (χ1n) is 11.0. The van der Waals surface area contributed by atoms with Crippen LogP contribution in [0.4, 0.5) is 4.39 Å². The quantitative estimate of drug-likeness (QED) is 0.679. The van der Waals surface area contributed by atoms with Crippen LogP contribution in [-0.2, 0) is 11.3 Å². The highest BCUT2D eigenvalue weighted by Crippen LogP contribution is 2.18. The summed E-state index contributed by atoms with van der Waals surface area (Å²) < 4.78 is 13.9. The van der Waals surface area contributed by atoms with E-state index in [9.17, 15) is 14.0 Å². The number of rotatable bonds is 8. The van der Waals surface area contributed by atoms with Gasteiger partial charge in [-0.3, -0.25) is 14.5 Å². The molecular weight excluding hydrogens is 393 g/mol. The van der Waals surface area contributed by atoms with Gasteiger partial charge in [0.25, 0.3) is 5.91 Å². The topological polar surface area (TPSA) is 61.4 Å². The third-order valence-corrected chi connectivity index (χ3v) is 5.77. The van der Waals surface area contributed by atoms with Gasteiger partial charge in [-0.2, -0.15) is 0 Å². The fourth-order valence-corrected chi connectivity index (χ4v) is 4.06. The van der Waals surface area contributed by atoms with Crippen LogP contribution in [-0.4, -0.2) is 42.4 Å². The van der Waals surface area contributed by atoms with E-state index in [1.807, 2.05) is 19.9 Å². The number of halogens is 1. The Morgan fingerprint density at radius 3 is 2.52 bits per heavy atom. The summed E-state index contributed by atoms with van der Waals surface area (Å²) in [4.78, 5) is 27.7. The van der Waals surface area contributed by atoms with Gasteiger partial charge < -0.3 is 10.6 Å². The van der Waals surface area contributed by atoms with Crippen molar-refractivity contribution in [2.45, 2.75) is 39.3 Å². The molecule has 0 radical (unpaired) electrons. The van der Waals surface area contributed by atoms with Crippen molar-refractivity contribution in [1.82, 2.24) is 15.5 Å². The summed E-state index contributed by atoms with van der Waals surface area (Å²) in [5.74, 6) is -1.13. The van der Waals surface area contributed by atoms with E-state index >= 15 is 0 Å². The summed E-state index contributed by atoms with van der Waals surface area (Å²) in [6.07, 6.45) is 2.17. The molecule has 2 N–H and O–H groups in total. The number of carbonyl (C=O) groups excluding carboxylic acids is 2. The first kappa shape index (κ1) is 22.9. The fourth-order valence-electron chi connectivity index (χ4n) is 4.06. The van der Waals surface area contributed by atoms with Gasteiger partial charge in [-0.05, 0) is 48.9 Å². The molecule has 0 spiro atoms. The van der Waals surface area contributed by atoms with Crippen LogP contribution < -0.4 is 10.6 Å². The van der Waals surface area contributed by atoms with Gasteiger partial charge in [0.15, 0.2) is 0 Å². The minimum Gasteiger partial charge on any atom is -0.354 e. The van der Waals surface area contributed by atoms with Crippen LogP contribution in [0.2, 0.25) is 0 Å². The van der Waals surface area contributed by atoms with Crippen molar-refractivity contribution in [2.24, 2.45) is 11.8 Å². The zero-order valence-electron chi connectivity index (χ0n) is 18.3. The van der Waals surface area contributed by atoms with Crippen molar-refractivity contribution in [3.63, 3.8) is 0 Å². The number of nitrogens with zero attached hydrogens (tertiary/aromatic N) is 1. The molecule has 1 fully saturated rings. The standard InChI is InChI=1S/C25H32FN3O2/c1-18(2)23(28-24(30)21-12-6-7-13-22(21)26)25(31)27-15-20-11-8-14-29(17-20)16-19-9-4-3-5-10-19/h3-7,9-10,12-13,18,20,23H,8,11,14-17H2,1-2H3,(H,27,31)(H,28,30). The number of nitrogens with one attached hydrogen (secondary N) is 2. The second-order valence-corrected chi connectivity index (χ2v) is 8.65. The van der Waals surface area contributed by atoms with Crippen LogP contribution in [0.25, 0.3) is 0 Å².